The largest absolute Gasteiger partial charge is 0.506 e. The molecule has 1 heterocycles. The first-order valence-electron chi connectivity index (χ1n) is 7.49. The smallest absolute Gasteiger partial charge is 0.223 e. The summed E-state index contributed by atoms with van der Waals surface area (Å²) >= 11 is 0. The summed E-state index contributed by atoms with van der Waals surface area (Å²) in [4.78, 5) is 18.1. The molecule has 0 spiro atoms. The predicted octanol–water partition coefficient (Wildman–Crippen LogP) is 2.37. The maximum absolute atomic E-state index is 12.3. The lowest BCUT2D eigenvalue weighted by Gasteiger charge is -2.24. The summed E-state index contributed by atoms with van der Waals surface area (Å²) < 4.78 is 0. The molecule has 1 aromatic heterocycles. The van der Waals surface area contributed by atoms with Gasteiger partial charge in [0.2, 0.25) is 5.91 Å². The quantitative estimate of drug-likeness (QED) is 0.809. The van der Waals surface area contributed by atoms with Crippen LogP contribution in [0.2, 0.25) is 0 Å². The second kappa shape index (κ2) is 7.98. The van der Waals surface area contributed by atoms with Gasteiger partial charge in [0.1, 0.15) is 5.75 Å². The van der Waals surface area contributed by atoms with E-state index >= 15 is 0 Å². The Balaban J connectivity index is 2.96. The number of aliphatic hydroxyl groups excluding tert-OH is 1. The fraction of sp³-hybridized carbons (Fsp3) is 0.625. The van der Waals surface area contributed by atoms with Gasteiger partial charge < -0.3 is 15.1 Å². The molecule has 1 amide bonds. The minimum Gasteiger partial charge on any atom is -0.506 e. The van der Waals surface area contributed by atoms with Crippen molar-refractivity contribution >= 4 is 5.91 Å². The van der Waals surface area contributed by atoms with Crippen molar-refractivity contribution in [1.82, 2.24) is 9.88 Å². The number of rotatable bonds is 7. The van der Waals surface area contributed by atoms with Gasteiger partial charge in [-0.2, -0.15) is 0 Å². The first-order valence-corrected chi connectivity index (χ1v) is 7.49. The molecule has 1 unspecified atom stereocenters. The molecule has 0 aliphatic heterocycles. The van der Waals surface area contributed by atoms with Gasteiger partial charge >= 0.3 is 0 Å². The molecule has 0 aromatic carbocycles. The summed E-state index contributed by atoms with van der Waals surface area (Å²) in [6.07, 6.45) is 3.02. The summed E-state index contributed by atoms with van der Waals surface area (Å²) in [5.74, 6) is 0.484. The summed E-state index contributed by atoms with van der Waals surface area (Å²) in [5.41, 5.74) is 1.66. The molecule has 5 heteroatoms. The van der Waals surface area contributed by atoms with Crippen molar-refractivity contribution in [1.29, 1.82) is 0 Å². The van der Waals surface area contributed by atoms with Crippen LogP contribution in [0.5, 0.6) is 5.75 Å². The van der Waals surface area contributed by atoms with Crippen LogP contribution < -0.4 is 0 Å². The molecule has 0 aliphatic carbocycles. The Kier molecular flexibility index (Phi) is 6.62. The number of hydrogen-bond donors (Lipinski definition) is 2. The lowest BCUT2D eigenvalue weighted by atomic mass is 10.0. The zero-order valence-corrected chi connectivity index (χ0v) is 13.4. The molecule has 21 heavy (non-hydrogen) atoms. The van der Waals surface area contributed by atoms with E-state index < -0.39 is 0 Å². The van der Waals surface area contributed by atoms with E-state index in [9.17, 15) is 15.0 Å². The van der Waals surface area contributed by atoms with E-state index in [1.165, 1.54) is 0 Å². The van der Waals surface area contributed by atoms with Gasteiger partial charge in [0.05, 0.1) is 12.3 Å². The first-order chi connectivity index (χ1) is 9.94. The van der Waals surface area contributed by atoms with Crippen LogP contribution in [-0.2, 0) is 17.9 Å². The molecule has 0 bridgehead atoms. The summed E-state index contributed by atoms with van der Waals surface area (Å²) in [5, 5.41) is 19.5. The van der Waals surface area contributed by atoms with E-state index in [1.54, 1.807) is 18.0 Å². The monoisotopic (exact) mass is 294 g/mol. The fourth-order valence-corrected chi connectivity index (χ4v) is 2.14. The van der Waals surface area contributed by atoms with Crippen molar-refractivity contribution in [3.63, 3.8) is 0 Å². The Morgan fingerprint density at radius 2 is 2.10 bits per heavy atom. The number of aromatic hydroxyl groups is 1. The highest BCUT2D eigenvalue weighted by molar-refractivity contribution is 5.76. The third-order valence-corrected chi connectivity index (χ3v) is 3.90. The number of amides is 1. The fourth-order valence-electron chi connectivity index (χ4n) is 2.14. The average Bonchev–Trinajstić information content (AvgIpc) is 2.48. The zero-order valence-electron chi connectivity index (χ0n) is 13.4. The van der Waals surface area contributed by atoms with Crippen LogP contribution in [0.4, 0.5) is 0 Å². The van der Waals surface area contributed by atoms with Crippen LogP contribution in [0.3, 0.4) is 0 Å². The molecule has 1 atom stereocenters. The third-order valence-electron chi connectivity index (χ3n) is 3.90. The van der Waals surface area contributed by atoms with Crippen LogP contribution in [0, 0.1) is 12.8 Å². The molecule has 1 aromatic rings. The lowest BCUT2D eigenvalue weighted by molar-refractivity contribution is -0.132. The number of aromatic nitrogens is 1. The van der Waals surface area contributed by atoms with Crippen molar-refractivity contribution in [3.05, 3.63) is 23.0 Å². The number of aliphatic hydroxyl groups is 1. The van der Waals surface area contributed by atoms with E-state index in [0.717, 1.165) is 6.42 Å². The van der Waals surface area contributed by atoms with Crippen LogP contribution in [0.15, 0.2) is 6.20 Å². The summed E-state index contributed by atoms with van der Waals surface area (Å²) in [6, 6.07) is 0. The molecule has 0 saturated carbocycles. The van der Waals surface area contributed by atoms with E-state index in [-0.39, 0.29) is 18.3 Å². The Morgan fingerprint density at radius 1 is 1.43 bits per heavy atom. The van der Waals surface area contributed by atoms with Crippen molar-refractivity contribution < 1.29 is 15.0 Å². The number of pyridine rings is 1. The molecular formula is C16H26N2O3. The zero-order chi connectivity index (χ0) is 16.0. The number of nitrogens with zero attached hydrogens (tertiary/aromatic N) is 2. The third kappa shape index (κ3) is 4.43. The van der Waals surface area contributed by atoms with Crippen LogP contribution in [0.1, 0.15) is 50.4 Å². The minimum atomic E-state index is -0.201. The Hall–Kier alpha value is -1.62. The molecule has 0 aliphatic rings. The van der Waals surface area contributed by atoms with Crippen molar-refractivity contribution in [3.8, 4) is 5.75 Å². The van der Waals surface area contributed by atoms with Gasteiger partial charge in [-0.15, -0.1) is 0 Å². The number of hydrogen-bond acceptors (Lipinski definition) is 4. The molecule has 118 valence electrons. The van der Waals surface area contributed by atoms with E-state index in [2.05, 4.69) is 18.8 Å². The second-order valence-corrected chi connectivity index (χ2v) is 5.48. The topological polar surface area (TPSA) is 73.7 Å². The number of aryl methyl sites for hydroxylation is 1. The van der Waals surface area contributed by atoms with Crippen LogP contribution >= 0.6 is 0 Å². The number of carbonyl (C=O) groups excluding carboxylic acids is 1. The maximum atomic E-state index is 12.3. The Bertz CT molecular complexity index is 489. The van der Waals surface area contributed by atoms with E-state index in [1.807, 2.05) is 6.92 Å². The van der Waals surface area contributed by atoms with Crippen molar-refractivity contribution in [2.45, 2.75) is 53.7 Å². The minimum absolute atomic E-state index is 0.0661. The van der Waals surface area contributed by atoms with Gasteiger partial charge in [-0.1, -0.05) is 20.3 Å². The molecule has 0 fully saturated rings. The van der Waals surface area contributed by atoms with Crippen molar-refractivity contribution in [2.75, 3.05) is 6.54 Å². The normalized spacial score (nSPS) is 12.2. The van der Waals surface area contributed by atoms with Gasteiger partial charge in [-0.05, 0) is 19.8 Å². The van der Waals surface area contributed by atoms with Gasteiger partial charge in [0.15, 0.2) is 0 Å². The first kappa shape index (κ1) is 17.4. The molecule has 2 N–H and O–H groups in total. The van der Waals surface area contributed by atoms with Crippen molar-refractivity contribution in [2.24, 2.45) is 5.92 Å². The van der Waals surface area contributed by atoms with Gasteiger partial charge in [0.25, 0.3) is 0 Å². The summed E-state index contributed by atoms with van der Waals surface area (Å²) in [7, 11) is 0. The summed E-state index contributed by atoms with van der Waals surface area (Å²) in [6.45, 7) is 8.41. The highest BCUT2D eigenvalue weighted by atomic mass is 16.3. The molecule has 0 saturated heterocycles. The molecule has 5 nitrogen and oxygen atoms in total. The second-order valence-electron chi connectivity index (χ2n) is 5.48. The van der Waals surface area contributed by atoms with E-state index in [4.69, 9.17) is 0 Å². The highest BCUT2D eigenvalue weighted by Gasteiger charge is 2.19. The average molecular weight is 294 g/mol. The lowest BCUT2D eigenvalue weighted by Crippen LogP contribution is -2.31. The van der Waals surface area contributed by atoms with E-state index in [0.29, 0.717) is 42.2 Å². The van der Waals surface area contributed by atoms with Gasteiger partial charge in [-0.25, -0.2) is 0 Å². The van der Waals surface area contributed by atoms with Gasteiger partial charge in [0, 0.05) is 36.8 Å². The van der Waals surface area contributed by atoms with Crippen LogP contribution in [-0.4, -0.2) is 32.5 Å². The highest BCUT2D eigenvalue weighted by Crippen LogP contribution is 2.26. The predicted molar refractivity (Wildman–Crippen MR) is 81.7 cm³/mol. The molecule has 1 rings (SSSR count). The standard InChI is InChI=1S/C16H26N2O3/c1-5-11(3)7-15(20)18(6-2)9-14-13(10-19)8-17-12(4)16(14)21/h8,11,19,21H,5-7,9-10H2,1-4H3. The Labute approximate surface area is 126 Å². The molecular weight excluding hydrogens is 268 g/mol. The van der Waals surface area contributed by atoms with Gasteiger partial charge in [-0.3, -0.25) is 9.78 Å². The number of carbonyl (C=O) groups is 1. The Morgan fingerprint density at radius 3 is 2.62 bits per heavy atom. The SMILES string of the molecule is CCC(C)CC(=O)N(CC)Cc1c(CO)cnc(C)c1O. The molecule has 0 radical (unpaired) electrons. The maximum Gasteiger partial charge on any atom is 0.223 e. The van der Waals surface area contributed by atoms with Crippen LogP contribution in [0.25, 0.3) is 0 Å².